The highest BCUT2D eigenvalue weighted by Crippen LogP contribution is 2.38. The van der Waals surface area contributed by atoms with Crippen molar-refractivity contribution in [2.45, 2.75) is 45.3 Å². The fraction of sp³-hybridized carbons (Fsp3) is 0.478. The van der Waals surface area contributed by atoms with Crippen LogP contribution in [0.3, 0.4) is 0 Å². The highest BCUT2D eigenvalue weighted by Gasteiger charge is 2.41. The van der Waals surface area contributed by atoms with Crippen LogP contribution in [0.25, 0.3) is 0 Å². The van der Waals surface area contributed by atoms with Gasteiger partial charge in [-0.2, -0.15) is 13.2 Å². The van der Waals surface area contributed by atoms with E-state index in [0.29, 0.717) is 24.5 Å². The van der Waals surface area contributed by atoms with Crippen LogP contribution in [0.2, 0.25) is 0 Å². The summed E-state index contributed by atoms with van der Waals surface area (Å²) in [5.41, 5.74) is -2.86. The third-order valence-electron chi connectivity index (χ3n) is 5.69. The first kappa shape index (κ1) is 26.7. The fourth-order valence-corrected chi connectivity index (χ4v) is 4.75. The summed E-state index contributed by atoms with van der Waals surface area (Å²) >= 11 is 0.371. The number of carbonyl (C=O) groups is 3. The van der Waals surface area contributed by atoms with E-state index < -0.39 is 44.8 Å². The van der Waals surface area contributed by atoms with Crippen LogP contribution in [0.5, 0.6) is 0 Å². The molecule has 1 N–H and O–H groups in total. The number of hydrogen-bond acceptors (Lipinski definition) is 6. The van der Waals surface area contributed by atoms with Gasteiger partial charge in [0.1, 0.15) is 10.7 Å². The molecule has 0 saturated carbocycles. The number of anilines is 1. The highest BCUT2D eigenvalue weighted by molar-refractivity contribution is 7.18. The average molecular weight is 516 g/mol. The van der Waals surface area contributed by atoms with Crippen LogP contribution >= 0.6 is 11.3 Å². The topological polar surface area (TPSA) is 88.6 Å². The molecule has 12 heteroatoms. The number of hydrogen-bond donors (Lipinski definition) is 1. The largest absolute Gasteiger partial charge is 0.435 e. The second-order valence-corrected chi connectivity index (χ2v) is 9.88. The van der Waals surface area contributed by atoms with Gasteiger partial charge in [0.05, 0.1) is 18.1 Å². The highest BCUT2D eigenvalue weighted by atomic mass is 32.1. The molecular weight excluding hydrogens is 490 g/mol. The number of ketones is 1. The van der Waals surface area contributed by atoms with Crippen LogP contribution in [-0.4, -0.2) is 53.8 Å². The molecule has 1 aliphatic heterocycles. The number of likely N-dealkylation sites (tertiary alicyclic amines) is 1. The molecule has 0 spiro atoms. The maximum Gasteiger partial charge on any atom is 0.435 e. The lowest BCUT2D eigenvalue weighted by Gasteiger charge is -2.29. The first-order valence-corrected chi connectivity index (χ1v) is 11.6. The summed E-state index contributed by atoms with van der Waals surface area (Å²) in [6.45, 7) is 3.93. The SMILES string of the molecule is COC[C@@H]1CCCN1C(=O)CC(C)(C)C(=O)Nc1nc(C(F)(F)F)c(C(=O)c2ccc(F)cc2)s1. The molecule has 7 nitrogen and oxygen atoms in total. The predicted octanol–water partition coefficient (Wildman–Crippen LogP) is 4.52. The molecule has 2 amide bonds. The molecule has 1 aliphatic rings. The minimum atomic E-state index is -4.96. The lowest BCUT2D eigenvalue weighted by Crippen LogP contribution is -2.42. The second-order valence-electron chi connectivity index (χ2n) is 8.88. The zero-order valence-corrected chi connectivity index (χ0v) is 20.2. The number of nitrogens with zero attached hydrogens (tertiary/aromatic N) is 2. The second kappa shape index (κ2) is 10.4. The third kappa shape index (κ3) is 6.23. The van der Waals surface area contributed by atoms with E-state index in [0.717, 1.165) is 37.1 Å². The number of aromatic nitrogens is 1. The molecule has 2 aromatic rings. The van der Waals surface area contributed by atoms with Crippen LogP contribution < -0.4 is 5.32 Å². The van der Waals surface area contributed by atoms with Gasteiger partial charge in [-0.1, -0.05) is 25.2 Å². The predicted molar refractivity (Wildman–Crippen MR) is 121 cm³/mol. The number of carbonyl (C=O) groups excluding carboxylic acids is 3. The van der Waals surface area contributed by atoms with E-state index in [1.807, 2.05) is 0 Å². The van der Waals surface area contributed by atoms with Crippen LogP contribution in [0, 0.1) is 11.2 Å². The molecule has 190 valence electrons. The number of nitrogens with one attached hydrogen (secondary N) is 1. The van der Waals surface area contributed by atoms with Crippen molar-refractivity contribution in [2.24, 2.45) is 5.41 Å². The summed E-state index contributed by atoms with van der Waals surface area (Å²) in [7, 11) is 1.54. The summed E-state index contributed by atoms with van der Waals surface area (Å²) in [5, 5.41) is 1.90. The first-order chi connectivity index (χ1) is 16.3. The van der Waals surface area contributed by atoms with Gasteiger partial charge in [0, 0.05) is 25.6 Å². The Hall–Kier alpha value is -2.86. The molecule has 0 bridgehead atoms. The van der Waals surface area contributed by atoms with Gasteiger partial charge in [-0.15, -0.1) is 0 Å². The molecule has 1 aromatic carbocycles. The van der Waals surface area contributed by atoms with Crippen LogP contribution in [0.15, 0.2) is 24.3 Å². The molecule has 1 atom stereocenters. The van der Waals surface area contributed by atoms with Gasteiger partial charge >= 0.3 is 6.18 Å². The van der Waals surface area contributed by atoms with Crippen molar-refractivity contribution < 1.29 is 36.7 Å². The maximum atomic E-state index is 13.6. The van der Waals surface area contributed by atoms with Gasteiger partial charge in [-0.05, 0) is 37.1 Å². The number of methoxy groups -OCH3 is 1. The van der Waals surface area contributed by atoms with Gasteiger partial charge in [0.25, 0.3) is 0 Å². The molecule has 0 unspecified atom stereocenters. The Kier molecular flexibility index (Phi) is 7.95. The van der Waals surface area contributed by atoms with Gasteiger partial charge in [0.15, 0.2) is 10.8 Å². The fourth-order valence-electron chi connectivity index (χ4n) is 3.81. The van der Waals surface area contributed by atoms with Gasteiger partial charge < -0.3 is 15.0 Å². The molecule has 0 aliphatic carbocycles. The van der Waals surface area contributed by atoms with Crippen LogP contribution in [0.4, 0.5) is 22.7 Å². The van der Waals surface area contributed by atoms with Gasteiger partial charge in [-0.25, -0.2) is 9.37 Å². The maximum absolute atomic E-state index is 13.6. The van der Waals surface area contributed by atoms with E-state index in [4.69, 9.17) is 4.74 Å². The van der Waals surface area contributed by atoms with E-state index in [9.17, 15) is 31.9 Å². The molecule has 1 aromatic heterocycles. The van der Waals surface area contributed by atoms with E-state index in [-0.39, 0.29) is 23.9 Å². The van der Waals surface area contributed by atoms with Crippen LogP contribution in [0.1, 0.15) is 54.0 Å². The number of alkyl halides is 3. The average Bonchev–Trinajstić information content (AvgIpc) is 3.41. The van der Waals surface area contributed by atoms with E-state index in [2.05, 4.69) is 10.3 Å². The molecule has 0 radical (unpaired) electrons. The molecule has 2 heterocycles. The summed E-state index contributed by atoms with van der Waals surface area (Å²) < 4.78 is 59.0. The Balaban J connectivity index is 1.78. The number of rotatable bonds is 8. The third-order valence-corrected chi connectivity index (χ3v) is 6.66. The lowest BCUT2D eigenvalue weighted by molar-refractivity contribution is -0.141. The normalized spacial score (nSPS) is 16.4. The lowest BCUT2D eigenvalue weighted by atomic mass is 9.87. The number of thiazole rings is 1. The minimum absolute atomic E-state index is 0.0836. The van der Waals surface area contributed by atoms with E-state index in [1.54, 1.807) is 4.90 Å². The smallest absolute Gasteiger partial charge is 0.383 e. The zero-order chi connectivity index (χ0) is 26.0. The summed E-state index contributed by atoms with van der Waals surface area (Å²) in [4.78, 5) is 42.8. The quantitative estimate of drug-likeness (QED) is 0.413. The standard InChI is InChI=1S/C23H25F4N3O4S/c1-22(2,11-16(31)30-10-4-5-15(30)12-34-3)20(33)29-21-28-19(23(25,26)27)18(35-21)17(32)13-6-8-14(24)9-7-13/h6-9,15H,4-5,10-12H2,1-3H3,(H,28,29,33)/t15-/m0/s1. The Morgan fingerprint density at radius 1 is 1.20 bits per heavy atom. The Labute approximate surface area is 203 Å². The van der Waals surface area contributed by atoms with Crippen molar-refractivity contribution >= 4 is 34.1 Å². The number of benzene rings is 1. The van der Waals surface area contributed by atoms with Crippen molar-refractivity contribution in [1.82, 2.24) is 9.88 Å². The Morgan fingerprint density at radius 2 is 1.86 bits per heavy atom. The summed E-state index contributed by atoms with van der Waals surface area (Å²) in [5.74, 6) is -2.61. The Bertz CT molecular complexity index is 1100. The molecule has 1 saturated heterocycles. The molecular formula is C23H25F4N3O4S. The molecule has 3 rings (SSSR count). The number of halogens is 4. The Morgan fingerprint density at radius 3 is 2.46 bits per heavy atom. The number of ether oxygens (including phenoxy) is 1. The minimum Gasteiger partial charge on any atom is -0.383 e. The summed E-state index contributed by atoms with van der Waals surface area (Å²) in [6, 6.07) is 3.97. The van der Waals surface area contributed by atoms with Crippen molar-refractivity contribution in [2.75, 3.05) is 25.6 Å². The summed E-state index contributed by atoms with van der Waals surface area (Å²) in [6.07, 6.45) is -3.52. The number of amides is 2. The monoisotopic (exact) mass is 515 g/mol. The molecule has 1 fully saturated rings. The van der Waals surface area contributed by atoms with E-state index >= 15 is 0 Å². The van der Waals surface area contributed by atoms with E-state index in [1.165, 1.54) is 21.0 Å². The zero-order valence-electron chi connectivity index (χ0n) is 19.4. The van der Waals surface area contributed by atoms with Gasteiger partial charge in [-0.3, -0.25) is 14.4 Å². The van der Waals surface area contributed by atoms with Crippen molar-refractivity contribution in [3.05, 3.63) is 46.2 Å². The van der Waals surface area contributed by atoms with Crippen LogP contribution in [-0.2, 0) is 20.5 Å². The van der Waals surface area contributed by atoms with Crippen molar-refractivity contribution in [3.63, 3.8) is 0 Å². The van der Waals surface area contributed by atoms with Crippen molar-refractivity contribution in [1.29, 1.82) is 0 Å². The van der Waals surface area contributed by atoms with Crippen molar-refractivity contribution in [3.8, 4) is 0 Å². The molecule has 35 heavy (non-hydrogen) atoms. The van der Waals surface area contributed by atoms with Gasteiger partial charge in [0.2, 0.25) is 17.6 Å². The first-order valence-electron chi connectivity index (χ1n) is 10.8.